The first-order valence-electron chi connectivity index (χ1n) is 9.63. The lowest BCUT2D eigenvalue weighted by Crippen LogP contribution is -2.16. The summed E-state index contributed by atoms with van der Waals surface area (Å²) < 4.78 is 23.8. The first-order valence-corrected chi connectivity index (χ1v) is 9.63. The van der Waals surface area contributed by atoms with E-state index in [0.29, 0.717) is 36.1 Å². The second-order valence-corrected chi connectivity index (χ2v) is 6.45. The van der Waals surface area contributed by atoms with E-state index in [2.05, 4.69) is 25.3 Å². The predicted octanol–water partition coefficient (Wildman–Crippen LogP) is 4.17. The molecule has 0 saturated carbocycles. The number of carbonyl (C=O) groups is 1. The lowest BCUT2D eigenvalue weighted by Gasteiger charge is -2.17. The first kappa shape index (κ1) is 21.7. The summed E-state index contributed by atoms with van der Waals surface area (Å²) in [6.45, 7) is 8.92. The number of methoxy groups -OCH3 is 3. The lowest BCUT2D eigenvalue weighted by molar-refractivity contribution is 0.0512. The Labute approximate surface area is 167 Å². The van der Waals surface area contributed by atoms with Crippen LogP contribution in [0.2, 0.25) is 0 Å². The van der Waals surface area contributed by atoms with Gasteiger partial charge in [-0.1, -0.05) is 13.8 Å². The molecule has 0 aliphatic rings. The number of nitrogens with zero attached hydrogens (tertiary/aromatic N) is 1. The highest BCUT2D eigenvalue weighted by atomic mass is 16.5. The minimum atomic E-state index is -0.283. The Hall–Kier alpha value is -2.63. The zero-order valence-corrected chi connectivity index (χ0v) is 18.0. The van der Waals surface area contributed by atoms with E-state index in [4.69, 9.17) is 18.9 Å². The van der Waals surface area contributed by atoms with Crippen LogP contribution < -0.4 is 14.2 Å². The van der Waals surface area contributed by atoms with Gasteiger partial charge in [0.25, 0.3) is 0 Å². The molecule has 0 N–H and O–H groups in total. The molecule has 6 nitrogen and oxygen atoms in total. The van der Waals surface area contributed by atoms with E-state index < -0.39 is 0 Å². The Bertz CT molecular complexity index is 813. The molecule has 2 aromatic rings. The van der Waals surface area contributed by atoms with E-state index in [1.807, 2.05) is 19.1 Å². The standard InChI is InChI=1S/C22H31NO5/c1-8-16-14(4)17(9-2)23(20(16)22(24)28-10-3)13-15-11-18(25-5)21(27-7)19(12-15)26-6/h11-12H,8-10,13H2,1-7H3. The van der Waals surface area contributed by atoms with Crippen LogP contribution in [0.15, 0.2) is 12.1 Å². The van der Waals surface area contributed by atoms with Gasteiger partial charge in [0.05, 0.1) is 27.9 Å². The maximum atomic E-state index is 12.8. The molecule has 0 fully saturated rings. The molecule has 6 heteroatoms. The van der Waals surface area contributed by atoms with Gasteiger partial charge in [-0.3, -0.25) is 0 Å². The monoisotopic (exact) mass is 389 g/mol. The largest absolute Gasteiger partial charge is 0.493 e. The van der Waals surface area contributed by atoms with E-state index in [-0.39, 0.29) is 5.97 Å². The molecule has 0 aliphatic heterocycles. The smallest absolute Gasteiger partial charge is 0.355 e. The summed E-state index contributed by atoms with van der Waals surface area (Å²) in [5, 5.41) is 0. The van der Waals surface area contributed by atoms with Gasteiger partial charge in [0, 0.05) is 12.2 Å². The van der Waals surface area contributed by atoms with Crippen LogP contribution in [0.1, 0.15) is 53.6 Å². The van der Waals surface area contributed by atoms with Crippen LogP contribution in [0, 0.1) is 6.92 Å². The number of benzene rings is 1. The molecule has 0 amide bonds. The first-order chi connectivity index (χ1) is 13.5. The Morgan fingerprint density at radius 3 is 2.00 bits per heavy atom. The maximum Gasteiger partial charge on any atom is 0.355 e. The number of aromatic nitrogens is 1. The van der Waals surface area contributed by atoms with Crippen LogP contribution in [0.5, 0.6) is 17.2 Å². The van der Waals surface area contributed by atoms with Crippen LogP contribution in [-0.2, 0) is 24.1 Å². The molecule has 1 aromatic carbocycles. The second-order valence-electron chi connectivity index (χ2n) is 6.45. The van der Waals surface area contributed by atoms with Crippen molar-refractivity contribution in [3.63, 3.8) is 0 Å². The molecule has 2 rings (SSSR count). The van der Waals surface area contributed by atoms with Crippen molar-refractivity contribution < 1.29 is 23.7 Å². The van der Waals surface area contributed by atoms with E-state index >= 15 is 0 Å². The number of rotatable bonds is 9. The third-order valence-corrected chi connectivity index (χ3v) is 4.99. The fraction of sp³-hybridized carbons (Fsp3) is 0.500. The summed E-state index contributed by atoms with van der Waals surface area (Å²) in [4.78, 5) is 12.8. The van der Waals surface area contributed by atoms with Gasteiger partial charge < -0.3 is 23.5 Å². The highest BCUT2D eigenvalue weighted by Gasteiger charge is 2.25. The average molecular weight is 389 g/mol. The molecule has 1 heterocycles. The van der Waals surface area contributed by atoms with Gasteiger partial charge in [0.15, 0.2) is 11.5 Å². The quantitative estimate of drug-likeness (QED) is 0.603. The molecule has 0 aliphatic carbocycles. The van der Waals surface area contributed by atoms with Gasteiger partial charge in [0.1, 0.15) is 5.69 Å². The van der Waals surface area contributed by atoms with Crippen LogP contribution in [-0.4, -0.2) is 38.5 Å². The summed E-state index contributed by atoms with van der Waals surface area (Å²) in [6.07, 6.45) is 1.60. The third kappa shape index (κ3) is 3.96. The predicted molar refractivity (Wildman–Crippen MR) is 109 cm³/mol. The van der Waals surface area contributed by atoms with Gasteiger partial charge in [-0.05, 0) is 55.5 Å². The van der Waals surface area contributed by atoms with Gasteiger partial charge in [-0.2, -0.15) is 0 Å². The molecule has 154 valence electrons. The summed E-state index contributed by atoms with van der Waals surface area (Å²) in [5.74, 6) is 1.45. The van der Waals surface area contributed by atoms with Crippen molar-refractivity contribution in [3.8, 4) is 17.2 Å². The van der Waals surface area contributed by atoms with Gasteiger partial charge in [0.2, 0.25) is 5.75 Å². The minimum absolute atomic E-state index is 0.283. The summed E-state index contributed by atoms with van der Waals surface area (Å²) in [5.41, 5.74) is 4.91. The van der Waals surface area contributed by atoms with Gasteiger partial charge in [-0.15, -0.1) is 0 Å². The molecule has 1 aromatic heterocycles. The number of ether oxygens (including phenoxy) is 4. The number of hydrogen-bond acceptors (Lipinski definition) is 5. The normalized spacial score (nSPS) is 10.7. The van der Waals surface area contributed by atoms with Gasteiger partial charge >= 0.3 is 5.97 Å². The highest BCUT2D eigenvalue weighted by molar-refractivity contribution is 5.90. The van der Waals surface area contributed by atoms with Crippen molar-refractivity contribution in [2.24, 2.45) is 0 Å². The molecular weight excluding hydrogens is 358 g/mol. The molecule has 0 bridgehead atoms. The van der Waals surface area contributed by atoms with E-state index in [1.54, 1.807) is 21.3 Å². The summed E-state index contributed by atoms with van der Waals surface area (Å²) in [6, 6.07) is 3.83. The highest BCUT2D eigenvalue weighted by Crippen LogP contribution is 2.39. The van der Waals surface area contributed by atoms with Gasteiger partial charge in [-0.25, -0.2) is 4.79 Å². The molecule has 28 heavy (non-hydrogen) atoms. The van der Waals surface area contributed by atoms with E-state index in [1.165, 1.54) is 0 Å². The lowest BCUT2D eigenvalue weighted by atomic mass is 10.1. The van der Waals surface area contributed by atoms with Crippen molar-refractivity contribution in [1.29, 1.82) is 0 Å². The van der Waals surface area contributed by atoms with Crippen LogP contribution in [0.25, 0.3) is 0 Å². The second kappa shape index (κ2) is 9.53. The van der Waals surface area contributed by atoms with Crippen LogP contribution in [0.4, 0.5) is 0 Å². The average Bonchev–Trinajstić information content (AvgIpc) is 2.97. The van der Waals surface area contributed by atoms with Crippen molar-refractivity contribution in [1.82, 2.24) is 4.57 Å². The maximum absolute atomic E-state index is 12.8. The SMILES string of the molecule is CCOC(=O)c1c(CC)c(C)c(CC)n1Cc1cc(OC)c(OC)c(OC)c1. The van der Waals surface area contributed by atoms with E-state index in [9.17, 15) is 4.79 Å². The fourth-order valence-electron chi connectivity index (χ4n) is 3.76. The van der Waals surface area contributed by atoms with Crippen molar-refractivity contribution in [2.45, 2.75) is 47.1 Å². The summed E-state index contributed by atoms with van der Waals surface area (Å²) >= 11 is 0. The Morgan fingerprint density at radius 1 is 0.964 bits per heavy atom. The number of esters is 1. The Morgan fingerprint density at radius 2 is 1.57 bits per heavy atom. The molecule has 0 radical (unpaired) electrons. The zero-order chi connectivity index (χ0) is 20.8. The molecule has 0 spiro atoms. The van der Waals surface area contributed by atoms with Crippen LogP contribution in [0.3, 0.4) is 0 Å². The van der Waals surface area contributed by atoms with Crippen molar-refractivity contribution >= 4 is 5.97 Å². The molecular formula is C22H31NO5. The Balaban J connectivity index is 2.64. The molecule has 0 unspecified atom stereocenters. The Kier molecular flexibility index (Phi) is 7.38. The van der Waals surface area contributed by atoms with Crippen molar-refractivity contribution in [3.05, 3.63) is 40.2 Å². The third-order valence-electron chi connectivity index (χ3n) is 4.99. The zero-order valence-electron chi connectivity index (χ0n) is 18.0. The minimum Gasteiger partial charge on any atom is -0.493 e. The number of carbonyl (C=O) groups excluding carboxylic acids is 1. The van der Waals surface area contributed by atoms with Crippen LogP contribution >= 0.6 is 0 Å². The molecule has 0 saturated heterocycles. The molecule has 0 atom stereocenters. The van der Waals surface area contributed by atoms with E-state index in [0.717, 1.165) is 35.2 Å². The summed E-state index contributed by atoms with van der Waals surface area (Å²) in [7, 11) is 4.77. The van der Waals surface area contributed by atoms with Crippen molar-refractivity contribution in [2.75, 3.05) is 27.9 Å². The number of hydrogen-bond donors (Lipinski definition) is 0. The topological polar surface area (TPSA) is 58.9 Å². The fourth-order valence-corrected chi connectivity index (χ4v) is 3.76.